The Balaban J connectivity index is 1.90. The van der Waals surface area contributed by atoms with Gasteiger partial charge in [0.05, 0.1) is 19.4 Å². The molecule has 0 aliphatic carbocycles. The van der Waals surface area contributed by atoms with Crippen LogP contribution >= 0.6 is 0 Å². The Morgan fingerprint density at radius 3 is 3.05 bits per heavy atom. The van der Waals surface area contributed by atoms with E-state index in [1.165, 1.54) is 6.20 Å². The van der Waals surface area contributed by atoms with Gasteiger partial charge in [-0.05, 0) is 18.2 Å². The molecule has 2 aromatic heterocycles. The molecule has 20 heavy (non-hydrogen) atoms. The second-order valence-corrected chi connectivity index (χ2v) is 3.99. The first-order chi connectivity index (χ1) is 9.79. The van der Waals surface area contributed by atoms with Gasteiger partial charge in [0.2, 0.25) is 5.88 Å². The number of hydrogen-bond acceptors (Lipinski definition) is 5. The summed E-state index contributed by atoms with van der Waals surface area (Å²) in [5.74, 6) is 0.886. The summed E-state index contributed by atoms with van der Waals surface area (Å²) in [5, 5.41) is 2.76. The van der Waals surface area contributed by atoms with E-state index in [-0.39, 0.29) is 5.91 Å². The van der Waals surface area contributed by atoms with Crippen LogP contribution in [0.4, 0.5) is 0 Å². The molecule has 0 spiro atoms. The van der Waals surface area contributed by atoms with Crippen LogP contribution in [0.2, 0.25) is 0 Å². The fraction of sp³-hybridized carbons (Fsp3) is 0.286. The monoisotopic (exact) mass is 276 g/mol. The third kappa shape index (κ3) is 4.10. The standard InChI is InChI=1S/C14H16N2O4/c1-18-7-8-20-13-9-11(4-5-15-13)14(17)16-10-12-3-2-6-19-12/h2-6,9H,7-8,10H2,1H3,(H,16,17). The highest BCUT2D eigenvalue weighted by Crippen LogP contribution is 2.09. The van der Waals surface area contributed by atoms with E-state index in [0.29, 0.717) is 37.0 Å². The summed E-state index contributed by atoms with van der Waals surface area (Å²) in [6.45, 7) is 1.20. The predicted octanol–water partition coefficient (Wildman–Crippen LogP) is 1.63. The number of pyridine rings is 1. The van der Waals surface area contributed by atoms with Crippen molar-refractivity contribution in [1.82, 2.24) is 10.3 Å². The molecule has 0 aromatic carbocycles. The van der Waals surface area contributed by atoms with E-state index < -0.39 is 0 Å². The highest BCUT2D eigenvalue weighted by Gasteiger charge is 2.08. The van der Waals surface area contributed by atoms with Crippen molar-refractivity contribution in [3.8, 4) is 5.88 Å². The molecule has 0 fully saturated rings. The van der Waals surface area contributed by atoms with Gasteiger partial charge in [-0.2, -0.15) is 0 Å². The number of hydrogen-bond donors (Lipinski definition) is 1. The van der Waals surface area contributed by atoms with E-state index in [1.54, 1.807) is 37.6 Å². The molecule has 0 saturated carbocycles. The van der Waals surface area contributed by atoms with E-state index in [2.05, 4.69) is 10.3 Å². The van der Waals surface area contributed by atoms with E-state index in [0.717, 1.165) is 0 Å². The molecule has 1 amide bonds. The zero-order chi connectivity index (χ0) is 14.2. The summed E-state index contributed by atoms with van der Waals surface area (Å²) >= 11 is 0. The van der Waals surface area contributed by atoms with E-state index in [1.807, 2.05) is 0 Å². The number of carbonyl (C=O) groups is 1. The summed E-state index contributed by atoms with van der Waals surface area (Å²) in [6, 6.07) is 6.79. The first kappa shape index (κ1) is 14.1. The number of carbonyl (C=O) groups excluding carboxylic acids is 1. The molecule has 0 unspecified atom stereocenters. The Bertz CT molecular complexity index is 540. The molecule has 0 atom stereocenters. The van der Waals surface area contributed by atoms with Crippen molar-refractivity contribution in [2.45, 2.75) is 6.54 Å². The summed E-state index contributed by atoms with van der Waals surface area (Å²) in [4.78, 5) is 16.0. The highest BCUT2D eigenvalue weighted by atomic mass is 16.5. The smallest absolute Gasteiger partial charge is 0.251 e. The van der Waals surface area contributed by atoms with Gasteiger partial charge in [-0.1, -0.05) is 0 Å². The van der Waals surface area contributed by atoms with E-state index in [4.69, 9.17) is 13.9 Å². The van der Waals surface area contributed by atoms with Crippen molar-refractivity contribution < 1.29 is 18.7 Å². The van der Waals surface area contributed by atoms with Crippen molar-refractivity contribution in [1.29, 1.82) is 0 Å². The molecule has 6 heteroatoms. The molecule has 106 valence electrons. The second kappa shape index (κ2) is 7.30. The maximum atomic E-state index is 12.0. The molecule has 2 aromatic rings. The first-order valence-electron chi connectivity index (χ1n) is 6.18. The molecular weight excluding hydrogens is 260 g/mol. The Labute approximate surface area is 116 Å². The lowest BCUT2D eigenvalue weighted by Gasteiger charge is -2.07. The number of amides is 1. The molecule has 2 heterocycles. The minimum Gasteiger partial charge on any atom is -0.475 e. The van der Waals surface area contributed by atoms with Gasteiger partial charge in [0.1, 0.15) is 12.4 Å². The average Bonchev–Trinajstić information content (AvgIpc) is 2.99. The maximum absolute atomic E-state index is 12.0. The van der Waals surface area contributed by atoms with Crippen LogP contribution in [0.5, 0.6) is 5.88 Å². The van der Waals surface area contributed by atoms with Crippen LogP contribution in [-0.2, 0) is 11.3 Å². The Morgan fingerprint density at radius 2 is 2.30 bits per heavy atom. The van der Waals surface area contributed by atoms with E-state index in [9.17, 15) is 4.79 Å². The summed E-state index contributed by atoms with van der Waals surface area (Å²) in [7, 11) is 1.59. The zero-order valence-electron chi connectivity index (χ0n) is 11.2. The summed E-state index contributed by atoms with van der Waals surface area (Å²) < 4.78 is 15.4. The predicted molar refractivity (Wildman–Crippen MR) is 71.5 cm³/mol. The number of furan rings is 1. The van der Waals surface area contributed by atoms with Gasteiger partial charge in [-0.3, -0.25) is 4.79 Å². The highest BCUT2D eigenvalue weighted by molar-refractivity contribution is 5.94. The van der Waals surface area contributed by atoms with Gasteiger partial charge in [0.25, 0.3) is 5.91 Å². The van der Waals surface area contributed by atoms with Crippen LogP contribution in [0, 0.1) is 0 Å². The van der Waals surface area contributed by atoms with Crippen molar-refractivity contribution >= 4 is 5.91 Å². The van der Waals surface area contributed by atoms with E-state index >= 15 is 0 Å². The van der Waals surface area contributed by atoms with Crippen LogP contribution in [0.25, 0.3) is 0 Å². The fourth-order valence-electron chi connectivity index (χ4n) is 1.54. The average molecular weight is 276 g/mol. The molecule has 6 nitrogen and oxygen atoms in total. The van der Waals surface area contributed by atoms with Crippen LogP contribution in [0.15, 0.2) is 41.1 Å². The van der Waals surface area contributed by atoms with Crippen molar-refractivity contribution in [2.75, 3.05) is 20.3 Å². The molecular formula is C14H16N2O4. The third-order valence-corrected chi connectivity index (χ3v) is 2.54. The molecule has 1 N–H and O–H groups in total. The first-order valence-corrected chi connectivity index (χ1v) is 6.18. The molecule has 2 rings (SSSR count). The fourth-order valence-corrected chi connectivity index (χ4v) is 1.54. The largest absolute Gasteiger partial charge is 0.475 e. The second-order valence-electron chi connectivity index (χ2n) is 3.99. The van der Waals surface area contributed by atoms with Crippen molar-refractivity contribution in [2.24, 2.45) is 0 Å². The zero-order valence-corrected chi connectivity index (χ0v) is 11.2. The SMILES string of the molecule is COCCOc1cc(C(=O)NCc2ccco2)ccn1. The minimum atomic E-state index is -0.208. The lowest BCUT2D eigenvalue weighted by atomic mass is 10.2. The number of methoxy groups -OCH3 is 1. The normalized spacial score (nSPS) is 10.2. The molecule has 0 aliphatic heterocycles. The summed E-state index contributed by atoms with van der Waals surface area (Å²) in [6.07, 6.45) is 3.10. The van der Waals surface area contributed by atoms with Gasteiger partial charge in [0, 0.05) is 24.9 Å². The number of nitrogens with one attached hydrogen (secondary N) is 1. The number of rotatable bonds is 7. The van der Waals surface area contributed by atoms with Crippen molar-refractivity contribution in [3.63, 3.8) is 0 Å². The number of ether oxygens (including phenoxy) is 2. The molecule has 0 bridgehead atoms. The Morgan fingerprint density at radius 1 is 1.40 bits per heavy atom. The van der Waals surface area contributed by atoms with Crippen LogP contribution in [0.1, 0.15) is 16.1 Å². The Kier molecular flexibility index (Phi) is 5.14. The lowest BCUT2D eigenvalue weighted by molar-refractivity contribution is 0.0947. The minimum absolute atomic E-state index is 0.208. The van der Waals surface area contributed by atoms with Gasteiger partial charge in [0.15, 0.2) is 0 Å². The topological polar surface area (TPSA) is 73.6 Å². The Hall–Kier alpha value is -2.34. The lowest BCUT2D eigenvalue weighted by Crippen LogP contribution is -2.22. The van der Waals surface area contributed by atoms with Crippen LogP contribution in [-0.4, -0.2) is 31.2 Å². The third-order valence-electron chi connectivity index (χ3n) is 2.54. The van der Waals surface area contributed by atoms with Crippen LogP contribution < -0.4 is 10.1 Å². The van der Waals surface area contributed by atoms with Crippen LogP contribution in [0.3, 0.4) is 0 Å². The number of nitrogens with zero attached hydrogens (tertiary/aromatic N) is 1. The molecule has 0 aliphatic rings. The van der Waals surface area contributed by atoms with Gasteiger partial charge in [-0.25, -0.2) is 4.98 Å². The molecule has 0 radical (unpaired) electrons. The molecule has 0 saturated heterocycles. The maximum Gasteiger partial charge on any atom is 0.251 e. The van der Waals surface area contributed by atoms with Crippen molar-refractivity contribution in [3.05, 3.63) is 48.0 Å². The van der Waals surface area contributed by atoms with Gasteiger partial charge < -0.3 is 19.2 Å². The number of aromatic nitrogens is 1. The van der Waals surface area contributed by atoms with Gasteiger partial charge >= 0.3 is 0 Å². The van der Waals surface area contributed by atoms with Gasteiger partial charge in [-0.15, -0.1) is 0 Å². The quantitative estimate of drug-likeness (QED) is 0.778. The summed E-state index contributed by atoms with van der Waals surface area (Å²) in [5.41, 5.74) is 0.485.